The summed E-state index contributed by atoms with van der Waals surface area (Å²) in [6.45, 7) is 0.842. The predicted molar refractivity (Wildman–Crippen MR) is 84.3 cm³/mol. The molecule has 0 saturated carbocycles. The van der Waals surface area contributed by atoms with Crippen LogP contribution in [0.1, 0.15) is 11.3 Å². The molecule has 0 bridgehead atoms. The highest BCUT2D eigenvalue weighted by molar-refractivity contribution is 9.10. The zero-order chi connectivity index (χ0) is 13.0. The van der Waals surface area contributed by atoms with Gasteiger partial charge in [0.15, 0.2) is 0 Å². The number of hydrogen-bond acceptors (Lipinski definition) is 4. The van der Waals surface area contributed by atoms with Crippen molar-refractivity contribution in [2.24, 2.45) is 5.73 Å². The molecule has 0 aliphatic rings. The Morgan fingerprint density at radius 2 is 2.33 bits per heavy atom. The Labute approximate surface area is 124 Å². The topological polar surface area (TPSA) is 50.9 Å². The van der Waals surface area contributed by atoms with Gasteiger partial charge in [0.1, 0.15) is 4.99 Å². The van der Waals surface area contributed by atoms with Crippen molar-refractivity contribution in [2.45, 2.75) is 6.42 Å². The van der Waals surface area contributed by atoms with Crippen LogP contribution in [0.2, 0.25) is 0 Å². The van der Waals surface area contributed by atoms with Gasteiger partial charge in [0.05, 0.1) is 11.2 Å². The van der Waals surface area contributed by atoms with Crippen LogP contribution in [-0.2, 0) is 6.42 Å². The third-order valence-corrected chi connectivity index (χ3v) is 3.96. The van der Waals surface area contributed by atoms with Crippen molar-refractivity contribution in [3.8, 4) is 0 Å². The Balaban J connectivity index is 1.95. The summed E-state index contributed by atoms with van der Waals surface area (Å²) < 4.78 is 0.964. The lowest BCUT2D eigenvalue weighted by Gasteiger charge is -2.09. The smallest absolute Gasteiger partial charge is 0.104 e. The van der Waals surface area contributed by atoms with Crippen molar-refractivity contribution in [1.82, 2.24) is 4.98 Å². The summed E-state index contributed by atoms with van der Waals surface area (Å²) in [5, 5.41) is 5.41. The number of thiazole rings is 1. The molecule has 0 aliphatic carbocycles. The van der Waals surface area contributed by atoms with Crippen molar-refractivity contribution >= 4 is 50.2 Å². The first-order valence-corrected chi connectivity index (χ1v) is 7.51. The van der Waals surface area contributed by atoms with Crippen LogP contribution in [0.4, 0.5) is 5.69 Å². The SMILES string of the molecule is NC(=S)c1ccc(NCCc2cscn2)c(Br)c1. The van der Waals surface area contributed by atoms with Gasteiger partial charge >= 0.3 is 0 Å². The Bertz CT molecular complexity index is 540. The van der Waals surface area contributed by atoms with Crippen LogP contribution >= 0.6 is 39.5 Å². The van der Waals surface area contributed by atoms with Crippen molar-refractivity contribution in [1.29, 1.82) is 0 Å². The highest BCUT2D eigenvalue weighted by atomic mass is 79.9. The molecule has 0 spiro atoms. The Morgan fingerprint density at radius 3 is 2.94 bits per heavy atom. The van der Waals surface area contributed by atoms with Crippen molar-refractivity contribution in [3.05, 3.63) is 44.8 Å². The third kappa shape index (κ3) is 3.51. The van der Waals surface area contributed by atoms with Crippen LogP contribution in [0.25, 0.3) is 0 Å². The number of nitrogens with one attached hydrogen (secondary N) is 1. The molecule has 0 aliphatic heterocycles. The van der Waals surface area contributed by atoms with Crippen molar-refractivity contribution < 1.29 is 0 Å². The first kappa shape index (κ1) is 13.5. The minimum absolute atomic E-state index is 0.407. The van der Waals surface area contributed by atoms with Gasteiger partial charge in [-0.2, -0.15) is 0 Å². The Morgan fingerprint density at radius 1 is 1.50 bits per heavy atom. The van der Waals surface area contributed by atoms with Crippen molar-refractivity contribution in [2.75, 3.05) is 11.9 Å². The monoisotopic (exact) mass is 341 g/mol. The number of halogens is 1. The van der Waals surface area contributed by atoms with Gasteiger partial charge in [0.2, 0.25) is 0 Å². The molecule has 0 saturated heterocycles. The molecule has 94 valence electrons. The fourth-order valence-corrected chi connectivity index (χ4v) is 2.74. The summed E-state index contributed by atoms with van der Waals surface area (Å²) in [5.74, 6) is 0. The normalized spacial score (nSPS) is 10.3. The molecular weight excluding hydrogens is 330 g/mol. The molecule has 2 aromatic rings. The second-order valence-corrected chi connectivity index (χ2v) is 5.73. The summed E-state index contributed by atoms with van der Waals surface area (Å²) >= 11 is 10.1. The molecule has 1 aromatic carbocycles. The van der Waals surface area contributed by atoms with E-state index in [1.54, 1.807) is 11.3 Å². The van der Waals surface area contributed by atoms with E-state index in [-0.39, 0.29) is 0 Å². The number of hydrogen-bond donors (Lipinski definition) is 2. The van der Waals surface area contributed by atoms with Gasteiger partial charge in [0.25, 0.3) is 0 Å². The molecule has 1 heterocycles. The summed E-state index contributed by atoms with van der Waals surface area (Å²) in [4.78, 5) is 4.65. The summed E-state index contributed by atoms with van der Waals surface area (Å²) in [6, 6.07) is 5.81. The Hall–Kier alpha value is -0.980. The van der Waals surface area contributed by atoms with Crippen molar-refractivity contribution in [3.63, 3.8) is 0 Å². The zero-order valence-corrected chi connectivity index (χ0v) is 12.7. The lowest BCUT2D eigenvalue weighted by molar-refractivity contribution is 0.976. The van der Waals surface area contributed by atoms with Crippen LogP contribution in [0.3, 0.4) is 0 Å². The number of rotatable bonds is 5. The van der Waals surface area contributed by atoms with E-state index in [1.165, 1.54) is 0 Å². The molecule has 0 fully saturated rings. The predicted octanol–water partition coefficient (Wildman–Crippen LogP) is 3.19. The maximum absolute atomic E-state index is 5.58. The quantitative estimate of drug-likeness (QED) is 0.820. The van der Waals surface area contributed by atoms with Gasteiger partial charge in [-0.3, -0.25) is 0 Å². The number of benzene rings is 1. The lowest BCUT2D eigenvalue weighted by atomic mass is 10.2. The molecule has 3 nitrogen and oxygen atoms in total. The number of nitrogens with zero attached hydrogens (tertiary/aromatic N) is 1. The van der Waals surface area contributed by atoms with Gasteiger partial charge in [-0.05, 0) is 34.1 Å². The average molecular weight is 342 g/mol. The van der Waals surface area contributed by atoms with E-state index >= 15 is 0 Å². The second-order valence-electron chi connectivity index (χ2n) is 3.72. The molecule has 1 aromatic heterocycles. The molecule has 0 amide bonds. The summed E-state index contributed by atoms with van der Waals surface area (Å²) in [7, 11) is 0. The number of thiocarbonyl (C=S) groups is 1. The zero-order valence-electron chi connectivity index (χ0n) is 9.52. The fourth-order valence-electron chi connectivity index (χ4n) is 1.50. The van der Waals surface area contributed by atoms with E-state index < -0.39 is 0 Å². The number of aromatic nitrogens is 1. The lowest BCUT2D eigenvalue weighted by Crippen LogP contribution is -2.10. The van der Waals surface area contributed by atoms with E-state index in [4.69, 9.17) is 18.0 Å². The van der Waals surface area contributed by atoms with Crippen LogP contribution in [-0.4, -0.2) is 16.5 Å². The molecule has 3 N–H and O–H groups in total. The summed E-state index contributed by atoms with van der Waals surface area (Å²) in [6.07, 6.45) is 0.910. The minimum atomic E-state index is 0.407. The molecule has 0 radical (unpaired) electrons. The van der Waals surface area contributed by atoms with Crippen LogP contribution in [0.5, 0.6) is 0 Å². The first-order chi connectivity index (χ1) is 8.66. The minimum Gasteiger partial charge on any atom is -0.389 e. The standard InChI is InChI=1S/C12H12BrN3S2/c13-10-5-8(12(14)17)1-2-11(10)15-4-3-9-6-18-7-16-9/h1-2,5-7,15H,3-4H2,(H2,14,17). The molecule has 0 unspecified atom stereocenters. The second kappa shape index (κ2) is 6.26. The molecule has 6 heteroatoms. The number of nitrogens with two attached hydrogens (primary N) is 1. The van der Waals surface area contributed by atoms with Crippen LogP contribution in [0, 0.1) is 0 Å². The van der Waals surface area contributed by atoms with Gasteiger partial charge in [-0.15, -0.1) is 11.3 Å². The van der Waals surface area contributed by atoms with Crippen LogP contribution in [0.15, 0.2) is 33.6 Å². The van der Waals surface area contributed by atoms with Crippen LogP contribution < -0.4 is 11.1 Å². The van der Waals surface area contributed by atoms with Gasteiger partial charge in [-0.1, -0.05) is 12.2 Å². The highest BCUT2D eigenvalue weighted by Crippen LogP contribution is 2.23. The van der Waals surface area contributed by atoms with Gasteiger partial charge in [0, 0.05) is 34.1 Å². The molecule has 18 heavy (non-hydrogen) atoms. The summed E-state index contributed by atoms with van der Waals surface area (Å²) in [5.41, 5.74) is 10.4. The number of anilines is 1. The van der Waals surface area contributed by atoms with Gasteiger partial charge in [-0.25, -0.2) is 4.98 Å². The average Bonchev–Trinajstić information content (AvgIpc) is 2.84. The molecular formula is C12H12BrN3S2. The first-order valence-electron chi connectivity index (χ1n) is 5.37. The largest absolute Gasteiger partial charge is 0.389 e. The van der Waals surface area contributed by atoms with E-state index in [1.807, 2.05) is 23.7 Å². The highest BCUT2D eigenvalue weighted by Gasteiger charge is 2.03. The Kier molecular flexibility index (Phi) is 4.68. The fraction of sp³-hybridized carbons (Fsp3) is 0.167. The van der Waals surface area contributed by atoms with E-state index in [0.717, 1.165) is 34.4 Å². The van der Waals surface area contributed by atoms with Gasteiger partial charge < -0.3 is 11.1 Å². The van der Waals surface area contributed by atoms with E-state index in [9.17, 15) is 0 Å². The molecule has 0 atom stereocenters. The maximum Gasteiger partial charge on any atom is 0.104 e. The van der Waals surface area contributed by atoms with E-state index in [2.05, 4.69) is 31.6 Å². The molecule has 2 rings (SSSR count). The maximum atomic E-state index is 5.58. The third-order valence-electron chi connectivity index (χ3n) is 2.43. The van der Waals surface area contributed by atoms with E-state index in [0.29, 0.717) is 4.99 Å².